The van der Waals surface area contributed by atoms with Gasteiger partial charge in [-0.05, 0) is 26.3 Å². The zero-order valence-corrected chi connectivity index (χ0v) is 6.43. The lowest BCUT2D eigenvalue weighted by Gasteiger charge is -2.13. The quantitative estimate of drug-likeness (QED) is 0.489. The smallest absolute Gasteiger partial charge is 0.122 e. The molecule has 0 aromatic rings. The Hall–Kier alpha value is -0.500. The molecule has 1 unspecified atom stereocenters. The van der Waals surface area contributed by atoms with Gasteiger partial charge in [-0.2, -0.15) is 0 Å². The first-order chi connectivity index (χ1) is 4.13. The molecule has 9 heavy (non-hydrogen) atoms. The Balaban J connectivity index is 2.74. The zero-order valence-electron chi connectivity index (χ0n) is 6.43. The van der Waals surface area contributed by atoms with E-state index in [-0.39, 0.29) is 0 Å². The highest BCUT2D eigenvalue weighted by Crippen LogP contribution is 2.22. The van der Waals surface area contributed by atoms with Crippen LogP contribution in [0.4, 0.5) is 0 Å². The van der Waals surface area contributed by atoms with Crippen LogP contribution in [0.15, 0.2) is 11.3 Å². The van der Waals surface area contributed by atoms with Gasteiger partial charge in [-0.15, -0.1) is 5.06 Å². The summed E-state index contributed by atoms with van der Waals surface area (Å²) in [4.78, 5) is 5.30. The third-order valence-electron chi connectivity index (χ3n) is 2.01. The highest BCUT2D eigenvalue weighted by molar-refractivity contribution is 5.13. The van der Waals surface area contributed by atoms with Crippen LogP contribution in [0, 0.1) is 0 Å². The molecular formula is C7H13NO. The molecule has 52 valence electrons. The molecule has 0 saturated heterocycles. The second-order valence-electron chi connectivity index (χ2n) is 2.55. The number of hydrogen-bond acceptors (Lipinski definition) is 2. The molecule has 2 nitrogen and oxygen atoms in total. The summed E-state index contributed by atoms with van der Waals surface area (Å²) in [6.07, 6.45) is 0. The maximum Gasteiger partial charge on any atom is 0.122 e. The van der Waals surface area contributed by atoms with Crippen molar-refractivity contribution in [3.05, 3.63) is 11.3 Å². The molecule has 0 aromatic heterocycles. The Bertz CT molecular complexity index is 151. The summed E-state index contributed by atoms with van der Waals surface area (Å²) < 4.78 is 0. The maximum absolute atomic E-state index is 5.30. The summed E-state index contributed by atoms with van der Waals surface area (Å²) >= 11 is 0. The van der Waals surface area contributed by atoms with E-state index >= 15 is 0 Å². The van der Waals surface area contributed by atoms with E-state index in [4.69, 9.17) is 4.84 Å². The lowest BCUT2D eigenvalue weighted by Crippen LogP contribution is -2.22. The van der Waals surface area contributed by atoms with Crippen molar-refractivity contribution >= 4 is 0 Å². The zero-order chi connectivity index (χ0) is 7.02. The average Bonchev–Trinajstić information content (AvgIpc) is 1.98. The molecule has 0 N–H and O–H groups in total. The van der Waals surface area contributed by atoms with E-state index in [0.29, 0.717) is 6.04 Å². The summed E-state index contributed by atoms with van der Waals surface area (Å²) in [6, 6.07) is 0.449. The van der Waals surface area contributed by atoms with Gasteiger partial charge in [0.1, 0.15) is 5.76 Å². The number of likely N-dealkylation sites (N-methyl/N-ethyl adjacent to an activating group) is 1. The molecule has 1 atom stereocenters. The van der Waals surface area contributed by atoms with E-state index in [9.17, 15) is 0 Å². The van der Waals surface area contributed by atoms with Crippen molar-refractivity contribution < 1.29 is 4.84 Å². The predicted molar refractivity (Wildman–Crippen MR) is 36.7 cm³/mol. The second-order valence-corrected chi connectivity index (χ2v) is 2.55. The molecule has 0 fully saturated rings. The van der Waals surface area contributed by atoms with Gasteiger partial charge in [0.25, 0.3) is 0 Å². The van der Waals surface area contributed by atoms with Gasteiger partial charge < -0.3 is 4.84 Å². The minimum absolute atomic E-state index is 0.449. The van der Waals surface area contributed by atoms with Crippen LogP contribution in [0.5, 0.6) is 0 Å². The first kappa shape index (κ1) is 6.62. The number of hydrogen-bond donors (Lipinski definition) is 0. The van der Waals surface area contributed by atoms with Crippen molar-refractivity contribution in [2.45, 2.75) is 26.8 Å². The number of hydroxylamine groups is 2. The van der Waals surface area contributed by atoms with Crippen molar-refractivity contribution in [1.29, 1.82) is 0 Å². The van der Waals surface area contributed by atoms with E-state index < -0.39 is 0 Å². The number of rotatable bonds is 0. The maximum atomic E-state index is 5.30. The lowest BCUT2D eigenvalue weighted by atomic mass is 10.1. The Morgan fingerprint density at radius 3 is 2.11 bits per heavy atom. The molecule has 0 bridgehead atoms. The monoisotopic (exact) mass is 127 g/mol. The summed E-state index contributed by atoms with van der Waals surface area (Å²) in [5, 5.41) is 1.87. The van der Waals surface area contributed by atoms with Gasteiger partial charge in [0.2, 0.25) is 0 Å². The predicted octanol–water partition coefficient (Wildman–Crippen LogP) is 1.55. The fourth-order valence-electron chi connectivity index (χ4n) is 0.934. The molecule has 0 aromatic carbocycles. The molecule has 0 saturated carbocycles. The van der Waals surface area contributed by atoms with Gasteiger partial charge in [-0.25, -0.2) is 0 Å². The van der Waals surface area contributed by atoms with Crippen LogP contribution in [-0.4, -0.2) is 18.2 Å². The highest BCUT2D eigenvalue weighted by atomic mass is 16.7. The van der Waals surface area contributed by atoms with Crippen LogP contribution in [-0.2, 0) is 4.84 Å². The Morgan fingerprint density at radius 1 is 1.44 bits per heavy atom. The Labute approximate surface area is 56.1 Å². The van der Waals surface area contributed by atoms with E-state index in [2.05, 4.69) is 13.8 Å². The number of nitrogens with zero attached hydrogens (tertiary/aromatic N) is 1. The van der Waals surface area contributed by atoms with Gasteiger partial charge in [0, 0.05) is 7.05 Å². The van der Waals surface area contributed by atoms with Crippen molar-refractivity contribution in [1.82, 2.24) is 5.06 Å². The van der Waals surface area contributed by atoms with Gasteiger partial charge in [-0.1, -0.05) is 0 Å². The number of allylic oxidation sites excluding steroid dienone is 1. The molecule has 0 amide bonds. The highest BCUT2D eigenvalue weighted by Gasteiger charge is 2.22. The minimum Gasteiger partial charge on any atom is -0.410 e. The molecule has 0 spiro atoms. The van der Waals surface area contributed by atoms with Crippen LogP contribution in [0.3, 0.4) is 0 Å². The minimum atomic E-state index is 0.449. The largest absolute Gasteiger partial charge is 0.410 e. The van der Waals surface area contributed by atoms with Crippen molar-refractivity contribution in [3.8, 4) is 0 Å². The van der Waals surface area contributed by atoms with E-state index in [1.165, 1.54) is 5.57 Å². The van der Waals surface area contributed by atoms with Gasteiger partial charge in [0.05, 0.1) is 6.04 Å². The van der Waals surface area contributed by atoms with E-state index in [1.54, 1.807) is 0 Å². The van der Waals surface area contributed by atoms with Crippen LogP contribution in [0.25, 0.3) is 0 Å². The topological polar surface area (TPSA) is 12.5 Å². The first-order valence-corrected chi connectivity index (χ1v) is 3.21. The lowest BCUT2D eigenvalue weighted by molar-refractivity contribution is -0.0891. The summed E-state index contributed by atoms with van der Waals surface area (Å²) in [7, 11) is 1.95. The molecular weight excluding hydrogens is 114 g/mol. The summed E-state index contributed by atoms with van der Waals surface area (Å²) in [5.41, 5.74) is 1.33. The molecule has 2 heteroatoms. The van der Waals surface area contributed by atoms with Crippen molar-refractivity contribution in [2.75, 3.05) is 7.05 Å². The fourth-order valence-corrected chi connectivity index (χ4v) is 0.934. The van der Waals surface area contributed by atoms with Crippen molar-refractivity contribution in [2.24, 2.45) is 0 Å². The molecule has 0 radical (unpaired) electrons. The van der Waals surface area contributed by atoms with E-state index in [0.717, 1.165) is 5.76 Å². The first-order valence-electron chi connectivity index (χ1n) is 3.21. The molecule has 0 aliphatic carbocycles. The third kappa shape index (κ3) is 0.944. The molecule has 1 rings (SSSR count). The van der Waals surface area contributed by atoms with Gasteiger partial charge >= 0.3 is 0 Å². The molecule has 1 heterocycles. The normalized spacial score (nSPS) is 29.1. The van der Waals surface area contributed by atoms with Crippen molar-refractivity contribution in [3.63, 3.8) is 0 Å². The van der Waals surface area contributed by atoms with Gasteiger partial charge in [-0.3, -0.25) is 0 Å². The SMILES string of the molecule is CC1=C(C)C(C)N(C)O1. The standard InChI is InChI=1S/C7H13NO/c1-5-6(2)8(4)9-7(5)3/h6H,1-4H3. The summed E-state index contributed by atoms with van der Waals surface area (Å²) in [6.45, 7) is 6.23. The van der Waals surface area contributed by atoms with Crippen LogP contribution < -0.4 is 0 Å². The molecule has 1 aliphatic heterocycles. The second kappa shape index (κ2) is 2.03. The van der Waals surface area contributed by atoms with E-state index in [1.807, 2.05) is 19.0 Å². The Morgan fingerprint density at radius 2 is 2.00 bits per heavy atom. The third-order valence-corrected chi connectivity index (χ3v) is 2.01. The van der Waals surface area contributed by atoms with Gasteiger partial charge in [0.15, 0.2) is 0 Å². The molecule has 1 aliphatic rings. The summed E-state index contributed by atoms with van der Waals surface area (Å²) in [5.74, 6) is 1.05. The van der Waals surface area contributed by atoms with Crippen LogP contribution >= 0.6 is 0 Å². The van der Waals surface area contributed by atoms with Crippen LogP contribution in [0.1, 0.15) is 20.8 Å². The van der Waals surface area contributed by atoms with Crippen LogP contribution in [0.2, 0.25) is 0 Å². The fraction of sp³-hybridized carbons (Fsp3) is 0.714. The average molecular weight is 127 g/mol. The Kier molecular flexibility index (Phi) is 1.49.